The topological polar surface area (TPSA) is 83.1 Å². The quantitative estimate of drug-likeness (QED) is 0.122. The van der Waals surface area contributed by atoms with Crippen LogP contribution in [0.2, 0.25) is 0 Å². The number of hydrogen-bond donors (Lipinski definition) is 0. The molecule has 4 fully saturated rings. The average Bonchev–Trinajstić information content (AvgIpc) is 3.11. The van der Waals surface area contributed by atoms with Crippen LogP contribution in [0.4, 0.5) is 0 Å². The fourth-order valence-corrected chi connectivity index (χ4v) is 7.69. The van der Waals surface area contributed by atoms with Crippen molar-refractivity contribution in [3.63, 3.8) is 0 Å². The summed E-state index contributed by atoms with van der Waals surface area (Å²) < 4.78 is 58.0. The largest absolute Gasteiger partial charge is 0.493 e. The molecule has 0 bridgehead atoms. The Hall–Kier alpha value is -4.12. The van der Waals surface area contributed by atoms with Crippen LogP contribution in [0.1, 0.15) is 0 Å². The van der Waals surface area contributed by atoms with Crippen molar-refractivity contribution < 1.29 is 42.6 Å². The molecule has 0 N–H and O–H groups in total. The summed E-state index contributed by atoms with van der Waals surface area (Å²) in [7, 11) is 0. The molecule has 9 nitrogen and oxygen atoms in total. The van der Waals surface area contributed by atoms with E-state index >= 15 is 0 Å². The van der Waals surface area contributed by atoms with Crippen LogP contribution in [0.15, 0.2) is 121 Å². The lowest BCUT2D eigenvalue weighted by Crippen LogP contribution is -2.74. The van der Waals surface area contributed by atoms with E-state index in [0.29, 0.717) is 79.3 Å². The van der Waals surface area contributed by atoms with Crippen LogP contribution in [0.5, 0.6) is 23.0 Å². The van der Waals surface area contributed by atoms with Gasteiger partial charge in [0, 0.05) is 0 Å². The molecule has 51 heavy (non-hydrogen) atoms. The third-order valence-electron chi connectivity index (χ3n) is 10.7. The number of para-hydroxylation sites is 4. The standard InChI is InChI=1S/C42H46O9/c1-5-13-33(14-6-1)47-29-39(21-43-22-39)37(40(23-44-24-40)30-48-34-15-7-2-8-16-34)51-38(41(25-45-26-41)31-49-35-17-9-3-10-18-35)42(27-46-28-42)32-50-36-19-11-4-12-20-36/h1-20,37-38H,21-32H2. The molecule has 0 unspecified atom stereocenters. The van der Waals surface area contributed by atoms with E-state index in [1.807, 2.05) is 121 Å². The lowest BCUT2D eigenvalue weighted by molar-refractivity contribution is -0.350. The van der Waals surface area contributed by atoms with Gasteiger partial charge in [0.1, 0.15) is 49.4 Å². The van der Waals surface area contributed by atoms with Crippen LogP contribution in [0, 0.1) is 21.7 Å². The monoisotopic (exact) mass is 694 g/mol. The van der Waals surface area contributed by atoms with Crippen LogP contribution in [-0.4, -0.2) is 91.5 Å². The van der Waals surface area contributed by atoms with Gasteiger partial charge in [-0.15, -0.1) is 0 Å². The van der Waals surface area contributed by atoms with Crippen molar-refractivity contribution in [3.05, 3.63) is 121 Å². The molecule has 4 aliphatic rings. The van der Waals surface area contributed by atoms with Crippen molar-refractivity contribution in [2.75, 3.05) is 79.3 Å². The number of ether oxygens (including phenoxy) is 9. The molecule has 0 aliphatic carbocycles. The van der Waals surface area contributed by atoms with Gasteiger partial charge in [-0.05, 0) is 48.5 Å². The van der Waals surface area contributed by atoms with E-state index in [1.165, 1.54) is 0 Å². The molecule has 268 valence electrons. The molecule has 0 aromatic heterocycles. The summed E-state index contributed by atoms with van der Waals surface area (Å²) >= 11 is 0. The Labute approximate surface area is 299 Å². The van der Waals surface area contributed by atoms with Gasteiger partial charge in [-0.25, -0.2) is 0 Å². The maximum absolute atomic E-state index is 7.79. The Morgan fingerprint density at radius 2 is 0.569 bits per heavy atom. The van der Waals surface area contributed by atoms with Crippen molar-refractivity contribution in [2.45, 2.75) is 12.2 Å². The highest BCUT2D eigenvalue weighted by Crippen LogP contribution is 2.53. The predicted molar refractivity (Wildman–Crippen MR) is 189 cm³/mol. The van der Waals surface area contributed by atoms with E-state index in [4.69, 9.17) is 42.6 Å². The van der Waals surface area contributed by atoms with Crippen LogP contribution < -0.4 is 18.9 Å². The zero-order valence-electron chi connectivity index (χ0n) is 28.9. The first kappa shape index (κ1) is 34.0. The third kappa shape index (κ3) is 7.06. The summed E-state index contributed by atoms with van der Waals surface area (Å²) in [6.45, 7) is 5.52. The first-order valence-corrected chi connectivity index (χ1v) is 17.8. The van der Waals surface area contributed by atoms with Gasteiger partial charge in [-0.3, -0.25) is 0 Å². The second kappa shape index (κ2) is 14.9. The summed E-state index contributed by atoms with van der Waals surface area (Å²) in [4.78, 5) is 0. The fraction of sp³-hybridized carbons (Fsp3) is 0.429. The highest BCUT2D eigenvalue weighted by atomic mass is 16.6. The maximum atomic E-state index is 7.79. The van der Waals surface area contributed by atoms with E-state index in [9.17, 15) is 0 Å². The molecule has 0 amide bonds. The highest BCUT2D eigenvalue weighted by molar-refractivity contribution is 5.25. The Morgan fingerprint density at radius 1 is 0.353 bits per heavy atom. The minimum absolute atomic E-state index is 0.367. The van der Waals surface area contributed by atoms with E-state index in [-0.39, 0.29) is 12.2 Å². The van der Waals surface area contributed by atoms with Crippen molar-refractivity contribution in [3.8, 4) is 23.0 Å². The Kier molecular flexibility index (Phi) is 9.90. The first-order valence-electron chi connectivity index (χ1n) is 17.8. The Morgan fingerprint density at radius 3 is 0.745 bits per heavy atom. The molecule has 9 heteroatoms. The Balaban J connectivity index is 1.16. The van der Waals surface area contributed by atoms with Gasteiger partial charge in [0.25, 0.3) is 0 Å². The molecule has 0 atom stereocenters. The van der Waals surface area contributed by atoms with Gasteiger partial charge in [0.05, 0.1) is 86.7 Å². The minimum Gasteiger partial charge on any atom is -0.493 e. The van der Waals surface area contributed by atoms with Gasteiger partial charge in [-0.2, -0.15) is 0 Å². The van der Waals surface area contributed by atoms with Crippen LogP contribution in [0.25, 0.3) is 0 Å². The molecule has 4 aromatic rings. The highest BCUT2D eigenvalue weighted by Gasteiger charge is 2.66. The van der Waals surface area contributed by atoms with Gasteiger partial charge in [0.15, 0.2) is 0 Å². The van der Waals surface area contributed by atoms with Gasteiger partial charge in [0.2, 0.25) is 0 Å². The SMILES string of the molecule is c1ccc(OCC2(C(OC(C3(COc4ccccc4)COC3)C3(COc4ccccc4)COC3)C3(COc4ccccc4)COC3)COC2)cc1. The smallest absolute Gasteiger partial charge is 0.119 e. The molecule has 4 aromatic carbocycles. The summed E-state index contributed by atoms with van der Waals surface area (Å²) in [5.41, 5.74) is -1.90. The van der Waals surface area contributed by atoms with Gasteiger partial charge < -0.3 is 42.6 Å². The predicted octanol–water partition coefficient (Wildman–Crippen LogP) is 6.12. The molecule has 8 rings (SSSR count). The summed E-state index contributed by atoms with van der Waals surface area (Å²) in [5.74, 6) is 3.22. The van der Waals surface area contributed by atoms with Crippen molar-refractivity contribution in [1.29, 1.82) is 0 Å². The molecule has 0 saturated carbocycles. The number of hydrogen-bond acceptors (Lipinski definition) is 9. The van der Waals surface area contributed by atoms with Crippen molar-refractivity contribution in [1.82, 2.24) is 0 Å². The van der Waals surface area contributed by atoms with Gasteiger partial charge in [-0.1, -0.05) is 72.8 Å². The molecule has 0 radical (unpaired) electrons. The zero-order chi connectivity index (χ0) is 34.5. The summed E-state index contributed by atoms with van der Waals surface area (Å²) in [6.07, 6.45) is -0.735. The Bertz CT molecular complexity index is 1410. The fourth-order valence-electron chi connectivity index (χ4n) is 7.69. The van der Waals surface area contributed by atoms with E-state index in [0.717, 1.165) is 23.0 Å². The van der Waals surface area contributed by atoms with E-state index in [1.54, 1.807) is 0 Å². The first-order chi connectivity index (χ1) is 25.1. The van der Waals surface area contributed by atoms with Crippen molar-refractivity contribution in [2.24, 2.45) is 21.7 Å². The lowest BCUT2D eigenvalue weighted by atomic mass is 9.63. The molecule has 4 heterocycles. The zero-order valence-corrected chi connectivity index (χ0v) is 28.9. The number of rotatable bonds is 18. The number of benzene rings is 4. The minimum atomic E-state index is -0.476. The van der Waals surface area contributed by atoms with Crippen LogP contribution in [-0.2, 0) is 23.7 Å². The molecular formula is C42H46O9. The molecular weight excluding hydrogens is 648 g/mol. The van der Waals surface area contributed by atoms with E-state index in [2.05, 4.69) is 0 Å². The normalized spacial score (nSPS) is 20.6. The molecule has 4 aliphatic heterocycles. The second-order valence-corrected chi connectivity index (χ2v) is 14.7. The van der Waals surface area contributed by atoms with Crippen LogP contribution >= 0.6 is 0 Å². The lowest BCUT2D eigenvalue weighted by Gasteiger charge is -2.62. The van der Waals surface area contributed by atoms with Crippen molar-refractivity contribution >= 4 is 0 Å². The second-order valence-electron chi connectivity index (χ2n) is 14.7. The molecule has 0 spiro atoms. The summed E-state index contributed by atoms with van der Waals surface area (Å²) in [6, 6.07) is 39.7. The maximum Gasteiger partial charge on any atom is 0.119 e. The molecule has 4 saturated heterocycles. The summed E-state index contributed by atoms with van der Waals surface area (Å²) in [5, 5.41) is 0. The third-order valence-corrected chi connectivity index (χ3v) is 10.7. The van der Waals surface area contributed by atoms with Crippen LogP contribution in [0.3, 0.4) is 0 Å². The van der Waals surface area contributed by atoms with E-state index < -0.39 is 21.7 Å². The van der Waals surface area contributed by atoms with Gasteiger partial charge >= 0.3 is 0 Å². The average molecular weight is 695 g/mol.